The van der Waals surface area contributed by atoms with Gasteiger partial charge in [0.1, 0.15) is 5.82 Å². The van der Waals surface area contributed by atoms with E-state index in [-0.39, 0.29) is 24.2 Å². The molecule has 0 heterocycles. The number of hydrogen-bond acceptors (Lipinski definition) is 3. The molecule has 0 spiro atoms. The monoisotopic (exact) mass is 317 g/mol. The van der Waals surface area contributed by atoms with Gasteiger partial charge in [-0.2, -0.15) is 0 Å². The molecule has 1 atom stereocenters. The molecule has 1 unspecified atom stereocenters. The number of carbonyl (C=O) groups is 1. The van der Waals surface area contributed by atoms with Crippen molar-refractivity contribution in [3.05, 3.63) is 59.4 Å². The van der Waals surface area contributed by atoms with Crippen LogP contribution in [0.3, 0.4) is 0 Å². The Bertz CT molecular complexity index is 688. The third kappa shape index (κ3) is 4.22. The highest BCUT2D eigenvalue weighted by molar-refractivity contribution is 5.79. The first-order valence-electron chi connectivity index (χ1n) is 7.30. The van der Waals surface area contributed by atoms with E-state index in [4.69, 9.17) is 9.47 Å². The van der Waals surface area contributed by atoms with Crippen molar-refractivity contribution in [1.29, 1.82) is 0 Å². The van der Waals surface area contributed by atoms with Crippen molar-refractivity contribution in [3.63, 3.8) is 0 Å². The van der Waals surface area contributed by atoms with Gasteiger partial charge in [0.25, 0.3) is 0 Å². The van der Waals surface area contributed by atoms with E-state index in [1.54, 1.807) is 38.5 Å². The van der Waals surface area contributed by atoms with E-state index in [1.165, 1.54) is 6.07 Å². The average molecular weight is 317 g/mol. The van der Waals surface area contributed by atoms with Gasteiger partial charge in [-0.25, -0.2) is 4.39 Å². The number of ether oxygens (including phenoxy) is 2. The number of nitrogens with one attached hydrogen (secondary N) is 1. The Balaban J connectivity index is 2.05. The zero-order valence-corrected chi connectivity index (χ0v) is 13.4. The van der Waals surface area contributed by atoms with Crippen LogP contribution in [0.1, 0.15) is 24.1 Å². The van der Waals surface area contributed by atoms with Gasteiger partial charge in [0.05, 0.1) is 26.7 Å². The van der Waals surface area contributed by atoms with Crippen LogP contribution in [0.5, 0.6) is 11.5 Å². The minimum Gasteiger partial charge on any atom is -0.493 e. The SMILES string of the molecule is COc1ccc(C(C)NC(=O)Cc2ccccc2F)cc1OC. The lowest BCUT2D eigenvalue weighted by Gasteiger charge is -2.16. The maximum Gasteiger partial charge on any atom is 0.225 e. The van der Waals surface area contributed by atoms with Gasteiger partial charge in [-0.15, -0.1) is 0 Å². The molecule has 122 valence electrons. The summed E-state index contributed by atoms with van der Waals surface area (Å²) in [5.74, 6) is 0.611. The quantitative estimate of drug-likeness (QED) is 0.889. The molecule has 2 rings (SSSR count). The lowest BCUT2D eigenvalue weighted by molar-refractivity contribution is -0.121. The largest absolute Gasteiger partial charge is 0.493 e. The Morgan fingerprint density at radius 2 is 1.83 bits per heavy atom. The number of rotatable bonds is 6. The molecule has 1 amide bonds. The fraction of sp³-hybridized carbons (Fsp3) is 0.278. The van der Waals surface area contributed by atoms with Gasteiger partial charge in [-0.3, -0.25) is 4.79 Å². The van der Waals surface area contributed by atoms with Crippen molar-refractivity contribution >= 4 is 5.91 Å². The number of methoxy groups -OCH3 is 2. The first-order chi connectivity index (χ1) is 11.0. The molecule has 0 bridgehead atoms. The molecule has 0 aliphatic heterocycles. The Kier molecular flexibility index (Phi) is 5.57. The third-order valence-corrected chi connectivity index (χ3v) is 3.59. The van der Waals surface area contributed by atoms with Gasteiger partial charge in [0.15, 0.2) is 11.5 Å². The van der Waals surface area contributed by atoms with E-state index in [0.717, 1.165) is 5.56 Å². The molecule has 5 heteroatoms. The van der Waals surface area contributed by atoms with Gasteiger partial charge in [0, 0.05) is 0 Å². The molecular weight excluding hydrogens is 297 g/mol. The third-order valence-electron chi connectivity index (χ3n) is 3.59. The number of benzene rings is 2. The molecule has 4 nitrogen and oxygen atoms in total. The summed E-state index contributed by atoms with van der Waals surface area (Å²) in [5, 5.41) is 2.86. The maximum atomic E-state index is 13.6. The standard InChI is InChI=1S/C18H20FNO3/c1-12(13-8-9-16(22-2)17(10-13)23-3)20-18(21)11-14-6-4-5-7-15(14)19/h4-10,12H,11H2,1-3H3,(H,20,21). The Morgan fingerprint density at radius 3 is 2.48 bits per heavy atom. The van der Waals surface area contributed by atoms with Crippen molar-refractivity contribution in [2.45, 2.75) is 19.4 Å². The van der Waals surface area contributed by atoms with Crippen LogP contribution in [0.4, 0.5) is 4.39 Å². The molecule has 0 aliphatic rings. The van der Waals surface area contributed by atoms with E-state index in [1.807, 2.05) is 19.1 Å². The summed E-state index contributed by atoms with van der Waals surface area (Å²) in [6, 6.07) is 11.5. The first kappa shape index (κ1) is 16.8. The van der Waals surface area contributed by atoms with Crippen LogP contribution in [0.2, 0.25) is 0 Å². The molecule has 2 aromatic carbocycles. The predicted octanol–water partition coefficient (Wildman–Crippen LogP) is 3.26. The summed E-state index contributed by atoms with van der Waals surface area (Å²) in [7, 11) is 3.13. The lowest BCUT2D eigenvalue weighted by Crippen LogP contribution is -2.28. The topological polar surface area (TPSA) is 47.6 Å². The summed E-state index contributed by atoms with van der Waals surface area (Å²) >= 11 is 0. The van der Waals surface area contributed by atoms with Gasteiger partial charge >= 0.3 is 0 Å². The summed E-state index contributed by atoms with van der Waals surface area (Å²) in [4.78, 5) is 12.1. The number of hydrogen-bond donors (Lipinski definition) is 1. The number of carbonyl (C=O) groups excluding carboxylic acids is 1. The summed E-state index contributed by atoms with van der Waals surface area (Å²) < 4.78 is 24.0. The van der Waals surface area contributed by atoms with Crippen molar-refractivity contribution in [2.24, 2.45) is 0 Å². The predicted molar refractivity (Wildman–Crippen MR) is 86.2 cm³/mol. The highest BCUT2D eigenvalue weighted by Crippen LogP contribution is 2.29. The van der Waals surface area contributed by atoms with Crippen molar-refractivity contribution < 1.29 is 18.7 Å². The number of halogens is 1. The summed E-state index contributed by atoms with van der Waals surface area (Å²) in [6.45, 7) is 1.86. The summed E-state index contributed by atoms with van der Waals surface area (Å²) in [6.07, 6.45) is 0.00427. The number of amides is 1. The second kappa shape index (κ2) is 7.63. The van der Waals surface area contributed by atoms with Crippen LogP contribution < -0.4 is 14.8 Å². The van der Waals surface area contributed by atoms with E-state index < -0.39 is 0 Å². The van der Waals surface area contributed by atoms with Crippen molar-refractivity contribution in [3.8, 4) is 11.5 Å². The van der Waals surface area contributed by atoms with E-state index in [9.17, 15) is 9.18 Å². The van der Waals surface area contributed by atoms with Gasteiger partial charge in [-0.1, -0.05) is 24.3 Å². The molecule has 0 aromatic heterocycles. The van der Waals surface area contributed by atoms with Crippen LogP contribution in [0, 0.1) is 5.82 Å². The van der Waals surface area contributed by atoms with Gasteiger partial charge < -0.3 is 14.8 Å². The van der Waals surface area contributed by atoms with Crippen LogP contribution in [0.25, 0.3) is 0 Å². The lowest BCUT2D eigenvalue weighted by atomic mass is 10.1. The fourth-order valence-electron chi connectivity index (χ4n) is 2.31. The molecule has 1 N–H and O–H groups in total. The van der Waals surface area contributed by atoms with Gasteiger partial charge in [-0.05, 0) is 36.2 Å². The Morgan fingerprint density at radius 1 is 1.13 bits per heavy atom. The minimum atomic E-state index is -0.374. The molecule has 0 aliphatic carbocycles. The Hall–Kier alpha value is -2.56. The average Bonchev–Trinajstić information content (AvgIpc) is 2.56. The Labute approximate surface area is 135 Å². The normalized spacial score (nSPS) is 11.7. The molecule has 0 fully saturated rings. The molecular formula is C18H20FNO3. The van der Waals surface area contributed by atoms with Crippen LogP contribution in [0.15, 0.2) is 42.5 Å². The zero-order valence-electron chi connectivity index (χ0n) is 13.4. The first-order valence-corrected chi connectivity index (χ1v) is 7.30. The molecule has 23 heavy (non-hydrogen) atoms. The maximum absolute atomic E-state index is 13.6. The molecule has 0 saturated heterocycles. The van der Waals surface area contributed by atoms with Gasteiger partial charge in [0.2, 0.25) is 5.91 Å². The second-order valence-electron chi connectivity index (χ2n) is 5.17. The van der Waals surface area contributed by atoms with Crippen LogP contribution in [-0.4, -0.2) is 20.1 Å². The highest BCUT2D eigenvalue weighted by atomic mass is 19.1. The fourth-order valence-corrected chi connectivity index (χ4v) is 2.31. The molecule has 0 radical (unpaired) electrons. The zero-order chi connectivity index (χ0) is 16.8. The highest BCUT2D eigenvalue weighted by Gasteiger charge is 2.14. The minimum absolute atomic E-state index is 0.00427. The van der Waals surface area contributed by atoms with Crippen molar-refractivity contribution in [2.75, 3.05) is 14.2 Å². The van der Waals surface area contributed by atoms with E-state index in [0.29, 0.717) is 17.1 Å². The van der Waals surface area contributed by atoms with Crippen LogP contribution >= 0.6 is 0 Å². The van der Waals surface area contributed by atoms with Crippen molar-refractivity contribution in [1.82, 2.24) is 5.32 Å². The summed E-state index contributed by atoms with van der Waals surface area (Å²) in [5.41, 5.74) is 1.26. The molecule has 2 aromatic rings. The van der Waals surface area contributed by atoms with E-state index >= 15 is 0 Å². The van der Waals surface area contributed by atoms with E-state index in [2.05, 4.69) is 5.32 Å². The van der Waals surface area contributed by atoms with Crippen LogP contribution in [-0.2, 0) is 11.2 Å². The smallest absolute Gasteiger partial charge is 0.225 e. The molecule has 0 saturated carbocycles. The second-order valence-corrected chi connectivity index (χ2v) is 5.17.